The summed E-state index contributed by atoms with van der Waals surface area (Å²) in [4.78, 5) is 34.6. The second kappa shape index (κ2) is 9.21. The number of aromatic nitrogens is 2. The van der Waals surface area contributed by atoms with Crippen LogP contribution < -0.4 is 15.6 Å². The molecule has 3 aromatic rings. The van der Waals surface area contributed by atoms with Crippen molar-refractivity contribution in [1.29, 1.82) is 0 Å². The van der Waals surface area contributed by atoms with Crippen molar-refractivity contribution in [2.75, 3.05) is 12.4 Å². The number of rotatable bonds is 5. The summed E-state index contributed by atoms with van der Waals surface area (Å²) in [6.45, 7) is 4.17. The predicted octanol–water partition coefficient (Wildman–Crippen LogP) is 5.92. The number of nitrogens with one attached hydrogen (secondary N) is 2. The maximum absolute atomic E-state index is 13.5. The second-order valence-corrected chi connectivity index (χ2v) is 11.1. The molecule has 8 heteroatoms. The average molecular weight is 508 g/mol. The van der Waals surface area contributed by atoms with Gasteiger partial charge in [-0.1, -0.05) is 61.5 Å². The van der Waals surface area contributed by atoms with E-state index in [1.807, 2.05) is 48.5 Å². The number of hydrogen-bond donors (Lipinski definition) is 2. The molecule has 1 atom stereocenters. The van der Waals surface area contributed by atoms with Crippen molar-refractivity contribution in [1.82, 2.24) is 9.97 Å². The summed E-state index contributed by atoms with van der Waals surface area (Å²) >= 11 is 7.54. The Morgan fingerprint density at radius 2 is 1.94 bits per heavy atom. The fourth-order valence-electron chi connectivity index (χ4n) is 4.89. The van der Waals surface area contributed by atoms with E-state index in [1.54, 1.807) is 7.11 Å². The number of aromatic amines is 1. The molecule has 0 fully saturated rings. The normalized spacial score (nSPS) is 18.5. The summed E-state index contributed by atoms with van der Waals surface area (Å²) < 4.78 is 5.43. The summed E-state index contributed by atoms with van der Waals surface area (Å²) in [6.07, 6.45) is 1.13. The van der Waals surface area contributed by atoms with Crippen LogP contribution in [-0.2, 0) is 10.5 Å². The van der Waals surface area contributed by atoms with Crippen LogP contribution in [0.2, 0.25) is 5.02 Å². The molecule has 0 bridgehead atoms. The van der Waals surface area contributed by atoms with Gasteiger partial charge >= 0.3 is 0 Å². The van der Waals surface area contributed by atoms with Crippen LogP contribution in [0, 0.1) is 5.41 Å². The average Bonchev–Trinajstić information content (AvgIpc) is 2.80. The molecule has 35 heavy (non-hydrogen) atoms. The van der Waals surface area contributed by atoms with Crippen LogP contribution in [0.5, 0.6) is 5.75 Å². The first-order valence-corrected chi connectivity index (χ1v) is 12.8. The number of H-pyrrole nitrogens is 1. The number of thioether (sulfide) groups is 1. The van der Waals surface area contributed by atoms with Gasteiger partial charge in [0.25, 0.3) is 5.56 Å². The third kappa shape index (κ3) is 4.75. The fourth-order valence-corrected chi connectivity index (χ4v) is 5.91. The summed E-state index contributed by atoms with van der Waals surface area (Å²) in [5, 5.41) is 4.54. The van der Waals surface area contributed by atoms with Gasteiger partial charge in [-0.25, -0.2) is 4.98 Å². The second-order valence-electron chi connectivity index (χ2n) is 9.72. The zero-order valence-corrected chi connectivity index (χ0v) is 21.3. The molecular weight excluding hydrogens is 482 g/mol. The lowest BCUT2D eigenvalue weighted by Gasteiger charge is -2.38. The van der Waals surface area contributed by atoms with Crippen LogP contribution >= 0.6 is 23.4 Å². The van der Waals surface area contributed by atoms with Gasteiger partial charge in [-0.2, -0.15) is 0 Å². The van der Waals surface area contributed by atoms with E-state index in [0.29, 0.717) is 51.5 Å². The van der Waals surface area contributed by atoms with E-state index in [0.717, 1.165) is 16.8 Å². The van der Waals surface area contributed by atoms with E-state index < -0.39 is 5.92 Å². The molecule has 2 aromatic carbocycles. The largest absolute Gasteiger partial charge is 0.497 e. The number of carbonyl (C=O) groups is 1. The molecule has 2 heterocycles. The number of anilines is 1. The predicted molar refractivity (Wildman–Crippen MR) is 139 cm³/mol. The molecule has 0 radical (unpaired) electrons. The highest BCUT2D eigenvalue weighted by Gasteiger charge is 2.42. The number of ketones is 1. The minimum atomic E-state index is -0.511. The number of allylic oxidation sites excluding steroid dienone is 2. The third-order valence-corrected chi connectivity index (χ3v) is 7.57. The van der Waals surface area contributed by atoms with E-state index in [1.165, 1.54) is 11.8 Å². The molecule has 6 nitrogen and oxygen atoms in total. The van der Waals surface area contributed by atoms with Gasteiger partial charge in [-0.3, -0.25) is 9.59 Å². The van der Waals surface area contributed by atoms with Gasteiger partial charge < -0.3 is 15.0 Å². The molecule has 2 N–H and O–H groups in total. The molecule has 0 saturated carbocycles. The Labute approximate surface area is 213 Å². The highest BCUT2D eigenvalue weighted by atomic mass is 35.5. The first-order valence-electron chi connectivity index (χ1n) is 11.4. The Bertz CT molecular complexity index is 1410. The summed E-state index contributed by atoms with van der Waals surface area (Å²) in [7, 11) is 1.60. The van der Waals surface area contributed by atoms with Crippen molar-refractivity contribution < 1.29 is 9.53 Å². The molecule has 0 unspecified atom stereocenters. The number of methoxy groups -OCH3 is 1. The monoisotopic (exact) mass is 507 g/mol. The zero-order chi connectivity index (χ0) is 24.7. The highest BCUT2D eigenvalue weighted by molar-refractivity contribution is 7.98. The van der Waals surface area contributed by atoms with Crippen LogP contribution in [0.25, 0.3) is 0 Å². The SMILES string of the molecule is COc1cccc([C@H]2C3=C(CC(C)(C)CC3=O)Nc3nc(SCc4cccc(Cl)c4)[nH]c(=O)c32)c1. The first-order chi connectivity index (χ1) is 16.7. The molecule has 1 aliphatic carbocycles. The molecule has 180 valence electrons. The van der Waals surface area contributed by atoms with Crippen molar-refractivity contribution in [3.63, 3.8) is 0 Å². The van der Waals surface area contributed by atoms with Crippen LogP contribution in [0.4, 0.5) is 5.82 Å². The maximum atomic E-state index is 13.5. The maximum Gasteiger partial charge on any atom is 0.257 e. The Morgan fingerprint density at radius 1 is 1.14 bits per heavy atom. The molecule has 0 amide bonds. The van der Waals surface area contributed by atoms with E-state index >= 15 is 0 Å². The van der Waals surface area contributed by atoms with Gasteiger partial charge in [0, 0.05) is 34.4 Å². The number of nitrogens with zero attached hydrogens (tertiary/aromatic N) is 1. The summed E-state index contributed by atoms with van der Waals surface area (Å²) in [5.74, 6) is 1.33. The lowest BCUT2D eigenvalue weighted by atomic mass is 9.69. The minimum Gasteiger partial charge on any atom is -0.497 e. The molecule has 0 saturated heterocycles. The molecule has 1 aliphatic heterocycles. The lowest BCUT2D eigenvalue weighted by molar-refractivity contribution is -0.118. The van der Waals surface area contributed by atoms with E-state index in [-0.39, 0.29) is 16.8 Å². The topological polar surface area (TPSA) is 84.1 Å². The van der Waals surface area contributed by atoms with Gasteiger partial charge in [-0.15, -0.1) is 0 Å². The molecule has 0 spiro atoms. The van der Waals surface area contributed by atoms with E-state index in [9.17, 15) is 9.59 Å². The highest BCUT2D eigenvalue weighted by Crippen LogP contribution is 2.48. The lowest BCUT2D eigenvalue weighted by Crippen LogP contribution is -2.37. The molecule has 2 aliphatic rings. The van der Waals surface area contributed by atoms with Crippen LogP contribution in [0.3, 0.4) is 0 Å². The van der Waals surface area contributed by atoms with Gasteiger partial charge in [-0.05, 0) is 47.2 Å². The van der Waals surface area contributed by atoms with Crippen LogP contribution in [0.15, 0.2) is 69.8 Å². The molecule has 5 rings (SSSR count). The van der Waals surface area contributed by atoms with Gasteiger partial charge in [0.2, 0.25) is 0 Å². The van der Waals surface area contributed by atoms with Crippen LogP contribution in [0.1, 0.15) is 49.3 Å². The van der Waals surface area contributed by atoms with Gasteiger partial charge in [0.05, 0.1) is 12.7 Å². The van der Waals surface area contributed by atoms with Crippen LogP contribution in [-0.4, -0.2) is 22.9 Å². The quantitative estimate of drug-likeness (QED) is 0.329. The van der Waals surface area contributed by atoms with Crippen molar-refractivity contribution >= 4 is 35.0 Å². The van der Waals surface area contributed by atoms with E-state index in [4.69, 9.17) is 21.3 Å². The number of hydrogen-bond acceptors (Lipinski definition) is 6. The number of benzene rings is 2. The number of ether oxygens (including phenoxy) is 1. The van der Waals surface area contributed by atoms with Crippen molar-refractivity contribution in [3.05, 3.63) is 91.9 Å². The zero-order valence-electron chi connectivity index (χ0n) is 19.8. The van der Waals surface area contributed by atoms with Crippen molar-refractivity contribution in [2.24, 2.45) is 5.41 Å². The first kappa shape index (κ1) is 23.7. The third-order valence-electron chi connectivity index (χ3n) is 6.39. The Balaban J connectivity index is 1.59. The number of carbonyl (C=O) groups excluding carboxylic acids is 1. The van der Waals surface area contributed by atoms with Gasteiger partial charge in [0.15, 0.2) is 10.9 Å². The van der Waals surface area contributed by atoms with Gasteiger partial charge in [0.1, 0.15) is 11.6 Å². The molecule has 1 aromatic heterocycles. The smallest absolute Gasteiger partial charge is 0.257 e. The van der Waals surface area contributed by atoms with Crippen molar-refractivity contribution in [2.45, 2.75) is 43.5 Å². The standard InChI is InChI=1S/C27H26ClN3O3S/c1-27(2)12-19-22(20(32)13-27)21(16-7-5-9-18(11-16)34-3)23-24(29-19)30-26(31-25(23)33)35-14-15-6-4-8-17(28)10-15/h4-11,21H,12-14H2,1-3H3,(H2,29,30,31,33)/t21-/m0/s1. The number of fused-ring (bicyclic) bond motifs is 1. The van der Waals surface area contributed by atoms with Crippen molar-refractivity contribution in [3.8, 4) is 5.75 Å². The Hall–Kier alpha value is -3.03. The fraction of sp³-hybridized carbons (Fsp3) is 0.296. The summed E-state index contributed by atoms with van der Waals surface area (Å²) in [5.41, 5.74) is 3.39. The van der Waals surface area contributed by atoms with E-state index in [2.05, 4.69) is 24.1 Å². The summed E-state index contributed by atoms with van der Waals surface area (Å²) in [6, 6.07) is 15.2. The minimum absolute atomic E-state index is 0.0565. The Kier molecular flexibility index (Phi) is 6.23. The molecular formula is C27H26ClN3O3S. The number of halogens is 1. The number of Topliss-reactive ketones (excluding diaryl/α,β-unsaturated/α-hetero) is 1. The Morgan fingerprint density at radius 3 is 2.71 bits per heavy atom.